The topological polar surface area (TPSA) is 73.8 Å². The largest absolute Gasteiger partial charge is 0.369 e. The number of para-hydroxylation sites is 1. The Morgan fingerprint density at radius 2 is 2.10 bits per heavy atom. The number of benzene rings is 1. The number of hydrogen-bond donors (Lipinski definition) is 1. The van der Waals surface area contributed by atoms with E-state index >= 15 is 0 Å². The number of pyridine rings is 1. The quantitative estimate of drug-likeness (QED) is 0.796. The summed E-state index contributed by atoms with van der Waals surface area (Å²) in [5.74, 6) is 1.70. The van der Waals surface area contributed by atoms with Gasteiger partial charge in [-0.15, -0.1) is 0 Å². The zero-order valence-corrected chi connectivity index (χ0v) is 12.1. The lowest BCUT2D eigenvalue weighted by atomic mass is 10.2. The number of nitrogens with zero attached hydrogens (tertiary/aromatic N) is 3. The van der Waals surface area contributed by atoms with Crippen LogP contribution in [0.5, 0.6) is 0 Å². The molecule has 2 aromatic heterocycles. The van der Waals surface area contributed by atoms with Crippen LogP contribution in [0.4, 0.5) is 5.95 Å². The Morgan fingerprint density at radius 1 is 1.30 bits per heavy atom. The molecule has 3 aromatic rings. The van der Waals surface area contributed by atoms with Crippen LogP contribution in [-0.4, -0.2) is 30.2 Å². The van der Waals surface area contributed by atoms with E-state index in [4.69, 9.17) is 5.73 Å². The van der Waals surface area contributed by atoms with Crippen LogP contribution in [0.15, 0.2) is 30.5 Å². The van der Waals surface area contributed by atoms with Gasteiger partial charge in [0.15, 0.2) is 0 Å². The van der Waals surface area contributed by atoms with E-state index < -0.39 is 10.8 Å². The Labute approximate surface area is 119 Å². The van der Waals surface area contributed by atoms with Gasteiger partial charge in [-0.3, -0.25) is 9.19 Å². The van der Waals surface area contributed by atoms with Gasteiger partial charge in [0.25, 0.3) is 0 Å². The van der Waals surface area contributed by atoms with E-state index in [0.717, 1.165) is 21.9 Å². The van der Waals surface area contributed by atoms with E-state index in [-0.39, 0.29) is 0 Å². The molecular weight excluding hydrogens is 272 g/mol. The van der Waals surface area contributed by atoms with Gasteiger partial charge >= 0.3 is 0 Å². The molecule has 0 aliphatic rings. The summed E-state index contributed by atoms with van der Waals surface area (Å²) >= 11 is 0. The van der Waals surface area contributed by atoms with E-state index in [9.17, 15) is 4.21 Å². The summed E-state index contributed by atoms with van der Waals surface area (Å²) in [6.45, 7) is 2.53. The maximum Gasteiger partial charge on any atom is 0.201 e. The van der Waals surface area contributed by atoms with Gasteiger partial charge in [-0.25, -0.2) is 4.98 Å². The van der Waals surface area contributed by atoms with Crippen LogP contribution in [0, 0.1) is 0 Å². The maximum atomic E-state index is 11.6. The van der Waals surface area contributed by atoms with Crippen molar-refractivity contribution in [1.82, 2.24) is 14.5 Å². The Morgan fingerprint density at radius 3 is 2.90 bits per heavy atom. The number of fused-ring (bicyclic) bond motifs is 3. The van der Waals surface area contributed by atoms with Crippen LogP contribution in [0.3, 0.4) is 0 Å². The van der Waals surface area contributed by atoms with Gasteiger partial charge in [-0.05, 0) is 6.07 Å². The number of aryl methyl sites for hydroxylation is 1. The SMILES string of the molecule is CCS(=O)CCn1c(N)nc2cnc3ccccc3c21. The van der Waals surface area contributed by atoms with Gasteiger partial charge in [0, 0.05) is 34.2 Å². The molecule has 5 nitrogen and oxygen atoms in total. The lowest BCUT2D eigenvalue weighted by molar-refractivity contribution is 0.677. The van der Waals surface area contributed by atoms with Crippen molar-refractivity contribution in [2.45, 2.75) is 13.5 Å². The summed E-state index contributed by atoms with van der Waals surface area (Å²) in [6, 6.07) is 7.91. The van der Waals surface area contributed by atoms with Crippen LogP contribution in [-0.2, 0) is 17.3 Å². The molecule has 0 aliphatic carbocycles. The standard InChI is InChI=1S/C14H16N4OS/c1-2-20(19)8-7-18-13-10-5-3-4-6-11(10)16-9-12(13)17-14(18)15/h3-6,9H,2,7-8H2,1H3,(H2,15,17). The summed E-state index contributed by atoms with van der Waals surface area (Å²) < 4.78 is 13.6. The van der Waals surface area contributed by atoms with Gasteiger partial charge in [-0.2, -0.15) is 0 Å². The van der Waals surface area contributed by atoms with Gasteiger partial charge in [0.05, 0.1) is 17.2 Å². The number of nitrogen functional groups attached to an aromatic ring is 1. The second kappa shape index (κ2) is 5.20. The molecule has 0 bridgehead atoms. The second-order valence-electron chi connectivity index (χ2n) is 4.56. The fourth-order valence-corrected chi connectivity index (χ4v) is 3.02. The van der Waals surface area contributed by atoms with E-state index in [0.29, 0.717) is 24.0 Å². The summed E-state index contributed by atoms with van der Waals surface area (Å²) in [7, 11) is -0.816. The average molecular weight is 288 g/mol. The third-order valence-electron chi connectivity index (χ3n) is 3.37. The minimum atomic E-state index is -0.816. The van der Waals surface area contributed by atoms with Crippen molar-refractivity contribution in [3.8, 4) is 0 Å². The van der Waals surface area contributed by atoms with Crippen LogP contribution < -0.4 is 5.73 Å². The summed E-state index contributed by atoms with van der Waals surface area (Å²) in [4.78, 5) is 8.73. The number of hydrogen-bond acceptors (Lipinski definition) is 4. The Balaban J connectivity index is 2.17. The molecule has 0 fully saturated rings. The summed E-state index contributed by atoms with van der Waals surface area (Å²) in [5.41, 5.74) is 8.67. The molecule has 0 radical (unpaired) electrons. The van der Waals surface area contributed by atoms with Crippen molar-refractivity contribution in [3.63, 3.8) is 0 Å². The van der Waals surface area contributed by atoms with Crippen molar-refractivity contribution < 1.29 is 4.21 Å². The van der Waals surface area contributed by atoms with Crippen LogP contribution in [0.1, 0.15) is 6.92 Å². The second-order valence-corrected chi connectivity index (χ2v) is 6.43. The smallest absolute Gasteiger partial charge is 0.201 e. The predicted molar refractivity (Wildman–Crippen MR) is 83.0 cm³/mol. The first-order valence-corrected chi connectivity index (χ1v) is 8.04. The zero-order chi connectivity index (χ0) is 14.1. The fraction of sp³-hybridized carbons (Fsp3) is 0.286. The summed E-state index contributed by atoms with van der Waals surface area (Å²) in [5, 5.41) is 1.02. The molecule has 0 aliphatic heterocycles. The molecule has 1 atom stereocenters. The normalized spacial score (nSPS) is 13.1. The van der Waals surface area contributed by atoms with Crippen LogP contribution in [0.25, 0.3) is 21.9 Å². The highest BCUT2D eigenvalue weighted by molar-refractivity contribution is 7.84. The Hall–Kier alpha value is -1.95. The van der Waals surface area contributed by atoms with Crippen LogP contribution in [0.2, 0.25) is 0 Å². The highest BCUT2D eigenvalue weighted by Crippen LogP contribution is 2.25. The molecule has 2 heterocycles. The first-order chi connectivity index (χ1) is 9.70. The number of rotatable bonds is 4. The number of aromatic nitrogens is 3. The van der Waals surface area contributed by atoms with E-state index in [1.807, 2.05) is 35.8 Å². The van der Waals surface area contributed by atoms with E-state index in [2.05, 4.69) is 9.97 Å². The first-order valence-electron chi connectivity index (χ1n) is 6.55. The van der Waals surface area contributed by atoms with Crippen molar-refractivity contribution in [2.24, 2.45) is 0 Å². The van der Waals surface area contributed by atoms with E-state index in [1.165, 1.54) is 0 Å². The molecule has 1 aromatic carbocycles. The van der Waals surface area contributed by atoms with Gasteiger partial charge in [-0.1, -0.05) is 25.1 Å². The molecule has 3 rings (SSSR count). The lowest BCUT2D eigenvalue weighted by Crippen LogP contribution is -2.11. The minimum absolute atomic E-state index is 0.450. The van der Waals surface area contributed by atoms with Crippen molar-refractivity contribution >= 4 is 38.7 Å². The monoisotopic (exact) mass is 288 g/mol. The molecule has 0 saturated heterocycles. The Bertz CT molecular complexity index is 796. The van der Waals surface area contributed by atoms with Gasteiger partial charge in [0.1, 0.15) is 5.52 Å². The lowest BCUT2D eigenvalue weighted by Gasteiger charge is -2.07. The van der Waals surface area contributed by atoms with Crippen LogP contribution >= 0.6 is 0 Å². The number of nitrogens with two attached hydrogens (primary N) is 1. The van der Waals surface area contributed by atoms with Crippen molar-refractivity contribution in [1.29, 1.82) is 0 Å². The molecule has 0 saturated carbocycles. The average Bonchev–Trinajstić information content (AvgIpc) is 2.80. The minimum Gasteiger partial charge on any atom is -0.369 e. The zero-order valence-electron chi connectivity index (χ0n) is 11.2. The number of anilines is 1. The third-order valence-corrected chi connectivity index (χ3v) is 4.66. The molecule has 20 heavy (non-hydrogen) atoms. The van der Waals surface area contributed by atoms with Gasteiger partial charge < -0.3 is 10.3 Å². The molecule has 0 spiro atoms. The van der Waals surface area contributed by atoms with Crippen molar-refractivity contribution in [2.75, 3.05) is 17.2 Å². The highest BCUT2D eigenvalue weighted by Gasteiger charge is 2.12. The maximum absolute atomic E-state index is 11.6. The first kappa shape index (κ1) is 13.1. The molecule has 104 valence electrons. The van der Waals surface area contributed by atoms with Crippen molar-refractivity contribution in [3.05, 3.63) is 30.5 Å². The highest BCUT2D eigenvalue weighted by atomic mass is 32.2. The molecular formula is C14H16N4OS. The molecule has 6 heteroatoms. The molecule has 1 unspecified atom stereocenters. The predicted octanol–water partition coefficient (Wildman–Crippen LogP) is 1.94. The molecule has 0 amide bonds. The van der Waals surface area contributed by atoms with E-state index in [1.54, 1.807) is 6.20 Å². The third kappa shape index (κ3) is 2.16. The fourth-order valence-electron chi connectivity index (χ4n) is 2.34. The molecule has 2 N–H and O–H groups in total. The Kier molecular flexibility index (Phi) is 3.40. The summed E-state index contributed by atoms with van der Waals surface area (Å²) in [6.07, 6.45) is 1.74. The van der Waals surface area contributed by atoms with Gasteiger partial charge in [0.2, 0.25) is 5.95 Å². The number of imidazole rings is 1.